The zero-order chi connectivity index (χ0) is 13.0. The fraction of sp³-hybridized carbons (Fsp3) is 0.286. The van der Waals surface area contributed by atoms with Gasteiger partial charge in [-0.25, -0.2) is 0 Å². The fourth-order valence-corrected chi connectivity index (χ4v) is 1.45. The molecule has 2 rings (SSSR count). The van der Waals surface area contributed by atoms with Gasteiger partial charge in [0.05, 0.1) is 6.20 Å². The van der Waals surface area contributed by atoms with Crippen LogP contribution in [0.2, 0.25) is 0 Å². The number of aromatic nitrogens is 2. The van der Waals surface area contributed by atoms with Crippen LogP contribution in [0.4, 0.5) is 5.82 Å². The van der Waals surface area contributed by atoms with E-state index in [0.29, 0.717) is 11.6 Å². The quantitative estimate of drug-likeness (QED) is 0.896. The number of anilines is 1. The van der Waals surface area contributed by atoms with Gasteiger partial charge >= 0.3 is 0 Å². The summed E-state index contributed by atoms with van der Waals surface area (Å²) in [4.78, 5) is 8.39. The van der Waals surface area contributed by atoms with Crippen LogP contribution in [-0.2, 0) is 0 Å². The van der Waals surface area contributed by atoms with Crippen molar-refractivity contribution in [3.05, 3.63) is 42.7 Å². The van der Waals surface area contributed by atoms with Gasteiger partial charge in [-0.05, 0) is 39.0 Å². The van der Waals surface area contributed by atoms with Crippen molar-refractivity contribution in [3.8, 4) is 11.6 Å². The van der Waals surface area contributed by atoms with E-state index in [4.69, 9.17) is 4.74 Å². The molecule has 2 aromatic heterocycles. The van der Waals surface area contributed by atoms with E-state index in [1.54, 1.807) is 12.4 Å². The molecule has 0 bridgehead atoms. The summed E-state index contributed by atoms with van der Waals surface area (Å²) in [7, 11) is 0. The molecular weight excluding hydrogens is 226 g/mol. The van der Waals surface area contributed by atoms with Crippen molar-refractivity contribution >= 4 is 5.82 Å². The molecule has 0 aliphatic heterocycles. The molecule has 4 nitrogen and oxygen atoms in total. The summed E-state index contributed by atoms with van der Waals surface area (Å²) in [6, 6.07) is 9.32. The van der Waals surface area contributed by atoms with Crippen molar-refractivity contribution in [2.75, 3.05) is 5.32 Å². The Hall–Kier alpha value is -2.10. The molecule has 94 valence electrons. The first-order chi connectivity index (χ1) is 8.53. The summed E-state index contributed by atoms with van der Waals surface area (Å²) in [5.74, 6) is 2.03. The number of nitrogens with zero attached hydrogens (tertiary/aromatic N) is 2. The van der Waals surface area contributed by atoms with Crippen molar-refractivity contribution in [3.63, 3.8) is 0 Å². The second kappa shape index (κ2) is 5.04. The van der Waals surface area contributed by atoms with Crippen LogP contribution in [0.1, 0.15) is 20.8 Å². The lowest BCUT2D eigenvalue weighted by atomic mass is 10.1. The molecule has 0 aliphatic rings. The van der Waals surface area contributed by atoms with Crippen molar-refractivity contribution in [2.24, 2.45) is 0 Å². The third kappa shape index (κ3) is 3.73. The van der Waals surface area contributed by atoms with Gasteiger partial charge in [-0.15, -0.1) is 0 Å². The number of rotatable bonds is 3. The van der Waals surface area contributed by atoms with E-state index in [9.17, 15) is 0 Å². The maximum absolute atomic E-state index is 5.62. The van der Waals surface area contributed by atoms with Crippen LogP contribution in [0.5, 0.6) is 11.6 Å². The Kier molecular flexibility index (Phi) is 3.46. The van der Waals surface area contributed by atoms with E-state index in [0.717, 1.165) is 5.82 Å². The number of hydrogen-bond donors (Lipinski definition) is 1. The maximum atomic E-state index is 5.62. The molecule has 18 heavy (non-hydrogen) atoms. The van der Waals surface area contributed by atoms with Gasteiger partial charge in [0.2, 0.25) is 5.88 Å². The van der Waals surface area contributed by atoms with E-state index < -0.39 is 0 Å². The smallest absolute Gasteiger partial charge is 0.221 e. The number of nitrogens with one attached hydrogen (secondary N) is 1. The van der Waals surface area contributed by atoms with Gasteiger partial charge in [-0.3, -0.25) is 4.98 Å². The normalized spacial score (nSPS) is 11.1. The van der Waals surface area contributed by atoms with Gasteiger partial charge in [0.15, 0.2) is 0 Å². The standard InChI is InChI=1S/C14H17N3O/c1-14(2,3)17-12-7-4-8-13(16-12)18-11-6-5-9-15-10-11/h4-10H,1-3H3,(H,16,17). The van der Waals surface area contributed by atoms with Crippen molar-refractivity contribution in [1.82, 2.24) is 9.97 Å². The highest BCUT2D eigenvalue weighted by atomic mass is 16.5. The molecule has 1 N–H and O–H groups in total. The molecule has 0 aliphatic carbocycles. The van der Waals surface area contributed by atoms with E-state index in [-0.39, 0.29) is 5.54 Å². The van der Waals surface area contributed by atoms with Crippen LogP contribution in [0, 0.1) is 0 Å². The first-order valence-electron chi connectivity index (χ1n) is 5.86. The van der Waals surface area contributed by atoms with Crippen LogP contribution in [0.15, 0.2) is 42.7 Å². The number of pyridine rings is 2. The topological polar surface area (TPSA) is 47.0 Å². The lowest BCUT2D eigenvalue weighted by Gasteiger charge is -2.21. The molecule has 0 radical (unpaired) electrons. The zero-order valence-electron chi connectivity index (χ0n) is 10.8. The second-order valence-corrected chi connectivity index (χ2v) is 5.03. The fourth-order valence-electron chi connectivity index (χ4n) is 1.45. The van der Waals surface area contributed by atoms with Crippen molar-refractivity contribution in [1.29, 1.82) is 0 Å². The molecule has 4 heteroatoms. The molecular formula is C14H17N3O. The van der Waals surface area contributed by atoms with E-state index >= 15 is 0 Å². The highest BCUT2D eigenvalue weighted by Crippen LogP contribution is 2.20. The lowest BCUT2D eigenvalue weighted by Crippen LogP contribution is -2.26. The van der Waals surface area contributed by atoms with Crippen LogP contribution >= 0.6 is 0 Å². The Labute approximate surface area is 107 Å². The highest BCUT2D eigenvalue weighted by Gasteiger charge is 2.10. The summed E-state index contributed by atoms with van der Waals surface area (Å²) < 4.78 is 5.62. The Morgan fingerprint density at radius 2 is 1.94 bits per heavy atom. The van der Waals surface area contributed by atoms with Crippen LogP contribution < -0.4 is 10.1 Å². The third-order valence-corrected chi connectivity index (χ3v) is 2.08. The first-order valence-corrected chi connectivity index (χ1v) is 5.86. The molecule has 0 saturated heterocycles. The Morgan fingerprint density at radius 3 is 2.61 bits per heavy atom. The summed E-state index contributed by atoms with van der Waals surface area (Å²) >= 11 is 0. The van der Waals surface area contributed by atoms with Gasteiger partial charge < -0.3 is 10.1 Å². The minimum Gasteiger partial charge on any atom is -0.437 e. The van der Waals surface area contributed by atoms with Gasteiger partial charge in [0.25, 0.3) is 0 Å². The summed E-state index contributed by atoms with van der Waals surface area (Å²) in [5.41, 5.74) is -0.0279. The predicted molar refractivity (Wildman–Crippen MR) is 71.9 cm³/mol. The van der Waals surface area contributed by atoms with Gasteiger partial charge in [0, 0.05) is 17.8 Å². The molecule has 2 aromatic rings. The first kappa shape index (κ1) is 12.4. The molecule has 0 unspecified atom stereocenters. The van der Waals surface area contributed by atoms with Crippen LogP contribution in [0.3, 0.4) is 0 Å². The Bertz CT molecular complexity index is 506. The summed E-state index contributed by atoms with van der Waals surface area (Å²) in [6.07, 6.45) is 3.36. The SMILES string of the molecule is CC(C)(C)Nc1cccc(Oc2cccnc2)n1. The summed E-state index contributed by atoms with van der Waals surface area (Å²) in [6.45, 7) is 6.26. The molecule has 0 atom stereocenters. The van der Waals surface area contributed by atoms with Gasteiger partial charge in [0.1, 0.15) is 11.6 Å². The number of hydrogen-bond acceptors (Lipinski definition) is 4. The van der Waals surface area contributed by atoms with Gasteiger partial charge in [-0.2, -0.15) is 4.98 Å². The largest absolute Gasteiger partial charge is 0.437 e. The average Bonchev–Trinajstić information content (AvgIpc) is 2.28. The highest BCUT2D eigenvalue weighted by molar-refractivity contribution is 5.40. The monoisotopic (exact) mass is 243 g/mol. The zero-order valence-corrected chi connectivity index (χ0v) is 10.8. The van der Waals surface area contributed by atoms with Crippen molar-refractivity contribution < 1.29 is 4.74 Å². The van der Waals surface area contributed by atoms with E-state index in [1.165, 1.54) is 0 Å². The van der Waals surface area contributed by atoms with E-state index in [2.05, 4.69) is 36.1 Å². The molecule has 0 amide bonds. The van der Waals surface area contributed by atoms with Crippen LogP contribution in [-0.4, -0.2) is 15.5 Å². The molecule has 0 saturated carbocycles. The summed E-state index contributed by atoms with van der Waals surface area (Å²) in [5, 5.41) is 3.30. The van der Waals surface area contributed by atoms with Crippen molar-refractivity contribution in [2.45, 2.75) is 26.3 Å². The third-order valence-electron chi connectivity index (χ3n) is 2.08. The molecule has 2 heterocycles. The lowest BCUT2D eigenvalue weighted by molar-refractivity contribution is 0.461. The molecule has 0 spiro atoms. The minimum absolute atomic E-state index is 0.0279. The molecule has 0 aromatic carbocycles. The number of ether oxygens (including phenoxy) is 1. The predicted octanol–water partition coefficient (Wildman–Crippen LogP) is 3.48. The Morgan fingerprint density at radius 1 is 1.11 bits per heavy atom. The molecule has 0 fully saturated rings. The second-order valence-electron chi connectivity index (χ2n) is 5.03. The maximum Gasteiger partial charge on any atom is 0.221 e. The average molecular weight is 243 g/mol. The Balaban J connectivity index is 2.13. The van der Waals surface area contributed by atoms with Crippen LogP contribution in [0.25, 0.3) is 0 Å². The van der Waals surface area contributed by atoms with Gasteiger partial charge in [-0.1, -0.05) is 6.07 Å². The minimum atomic E-state index is -0.0279. The van der Waals surface area contributed by atoms with E-state index in [1.807, 2.05) is 30.3 Å².